The highest BCUT2D eigenvalue weighted by atomic mass is 15.0. The lowest BCUT2D eigenvalue weighted by molar-refractivity contribution is 0.967. The van der Waals surface area contributed by atoms with E-state index >= 15 is 0 Å². The minimum absolute atomic E-state index is 0.977. The average molecular weight is 349 g/mol. The number of rotatable bonds is 3. The van der Waals surface area contributed by atoms with Crippen molar-refractivity contribution in [3.8, 4) is 5.69 Å². The van der Waals surface area contributed by atoms with Crippen LogP contribution in [-0.2, 0) is 12.8 Å². The number of aryl methyl sites for hydroxylation is 2. The number of aromatic nitrogens is 1. The molecule has 0 spiro atoms. The van der Waals surface area contributed by atoms with Crippen LogP contribution < -0.4 is 0 Å². The molecule has 3 aromatic carbocycles. The Hall–Kier alpha value is -3.06. The molecule has 5 rings (SSSR count). The number of hydrogen-bond donors (Lipinski definition) is 0. The summed E-state index contributed by atoms with van der Waals surface area (Å²) in [5.41, 5.74) is 9.40. The molecular formula is C26H23N. The molecule has 4 aromatic rings. The van der Waals surface area contributed by atoms with Crippen LogP contribution in [0.5, 0.6) is 0 Å². The summed E-state index contributed by atoms with van der Waals surface area (Å²) in [6.45, 7) is 2.13. The second kappa shape index (κ2) is 6.59. The lowest BCUT2D eigenvalue weighted by Crippen LogP contribution is -2.00. The second-order valence-electron chi connectivity index (χ2n) is 7.49. The first-order valence-corrected chi connectivity index (χ1v) is 9.73. The first kappa shape index (κ1) is 16.1. The van der Waals surface area contributed by atoms with Gasteiger partial charge in [0.05, 0.1) is 5.52 Å². The monoisotopic (exact) mass is 349 g/mol. The van der Waals surface area contributed by atoms with E-state index < -0.39 is 0 Å². The van der Waals surface area contributed by atoms with Crippen molar-refractivity contribution in [1.29, 1.82) is 0 Å². The van der Waals surface area contributed by atoms with Crippen molar-refractivity contribution in [2.75, 3.05) is 0 Å². The zero-order valence-corrected chi connectivity index (χ0v) is 15.7. The molecule has 1 aliphatic carbocycles. The summed E-state index contributed by atoms with van der Waals surface area (Å²) in [5.74, 6) is 0. The van der Waals surface area contributed by atoms with Gasteiger partial charge in [-0.3, -0.25) is 0 Å². The summed E-state index contributed by atoms with van der Waals surface area (Å²) < 4.78 is 2.41. The maximum Gasteiger partial charge on any atom is 0.0537 e. The van der Waals surface area contributed by atoms with Gasteiger partial charge in [-0.25, -0.2) is 0 Å². The maximum absolute atomic E-state index is 2.41. The van der Waals surface area contributed by atoms with Crippen LogP contribution in [0.4, 0.5) is 0 Å². The molecule has 1 heteroatoms. The Morgan fingerprint density at radius 2 is 1.52 bits per heavy atom. The van der Waals surface area contributed by atoms with Crippen LogP contribution in [0.25, 0.3) is 22.7 Å². The van der Waals surface area contributed by atoms with Gasteiger partial charge >= 0.3 is 0 Å². The largest absolute Gasteiger partial charge is 0.310 e. The van der Waals surface area contributed by atoms with Crippen LogP contribution in [0.1, 0.15) is 34.4 Å². The van der Waals surface area contributed by atoms with Gasteiger partial charge in [0.1, 0.15) is 0 Å². The Morgan fingerprint density at radius 1 is 0.815 bits per heavy atom. The number of hydrogen-bond acceptors (Lipinski definition) is 0. The molecule has 0 amide bonds. The number of fused-ring (bicyclic) bond motifs is 3. The van der Waals surface area contributed by atoms with E-state index in [9.17, 15) is 0 Å². The van der Waals surface area contributed by atoms with Crippen LogP contribution in [0.3, 0.4) is 0 Å². The minimum Gasteiger partial charge on any atom is -0.310 e. The zero-order valence-electron chi connectivity index (χ0n) is 15.7. The standard InChI is InChI=1S/C26H23N/c1-19-10-12-20(13-11-19)18-21-14-16-22(17-15-21)27-25-8-4-2-6-23(25)24-7-3-5-9-26(24)27/h2,4-6,8-17H,3,7,18H2,1H3. The molecule has 0 bridgehead atoms. The topological polar surface area (TPSA) is 4.93 Å². The molecular weight excluding hydrogens is 326 g/mol. The smallest absolute Gasteiger partial charge is 0.0537 e. The predicted octanol–water partition coefficient (Wildman–Crippen LogP) is 6.49. The highest BCUT2D eigenvalue weighted by Gasteiger charge is 2.17. The van der Waals surface area contributed by atoms with E-state index in [1.807, 2.05) is 0 Å². The third-order valence-corrected chi connectivity index (χ3v) is 5.58. The maximum atomic E-state index is 2.41. The number of allylic oxidation sites excluding steroid dienone is 1. The van der Waals surface area contributed by atoms with Gasteiger partial charge in [0, 0.05) is 16.8 Å². The van der Waals surface area contributed by atoms with Gasteiger partial charge in [0.15, 0.2) is 0 Å². The lowest BCUT2D eigenvalue weighted by atomic mass is 10.0. The predicted molar refractivity (Wildman–Crippen MR) is 115 cm³/mol. The molecule has 132 valence electrons. The van der Waals surface area contributed by atoms with Gasteiger partial charge < -0.3 is 4.57 Å². The van der Waals surface area contributed by atoms with E-state index in [1.165, 1.54) is 44.5 Å². The van der Waals surface area contributed by atoms with Crippen molar-refractivity contribution < 1.29 is 0 Å². The molecule has 1 aromatic heterocycles. The Labute approximate surface area is 160 Å². The molecule has 0 aliphatic heterocycles. The second-order valence-corrected chi connectivity index (χ2v) is 7.49. The van der Waals surface area contributed by atoms with Gasteiger partial charge in [-0.2, -0.15) is 0 Å². The van der Waals surface area contributed by atoms with Crippen molar-refractivity contribution in [3.05, 3.63) is 107 Å². The molecule has 0 atom stereocenters. The van der Waals surface area contributed by atoms with Gasteiger partial charge in [0.25, 0.3) is 0 Å². The molecule has 0 fully saturated rings. The van der Waals surface area contributed by atoms with Crippen LogP contribution in [0.15, 0.2) is 78.9 Å². The quantitative estimate of drug-likeness (QED) is 0.398. The average Bonchev–Trinajstić information content (AvgIpc) is 3.05. The molecule has 1 nitrogen and oxygen atoms in total. The third-order valence-electron chi connectivity index (χ3n) is 5.58. The molecule has 0 saturated heterocycles. The van der Waals surface area contributed by atoms with Gasteiger partial charge in [-0.05, 0) is 67.2 Å². The van der Waals surface area contributed by atoms with Crippen molar-refractivity contribution in [2.45, 2.75) is 26.2 Å². The zero-order chi connectivity index (χ0) is 18.2. The van der Waals surface area contributed by atoms with E-state index in [2.05, 4.69) is 96.4 Å². The van der Waals surface area contributed by atoms with Crippen molar-refractivity contribution in [1.82, 2.24) is 4.57 Å². The minimum atomic E-state index is 0.977. The summed E-state index contributed by atoms with van der Waals surface area (Å²) in [5, 5.41) is 1.39. The lowest BCUT2D eigenvalue weighted by Gasteiger charge is -2.12. The van der Waals surface area contributed by atoms with Crippen LogP contribution in [-0.4, -0.2) is 4.57 Å². The van der Waals surface area contributed by atoms with E-state index in [1.54, 1.807) is 0 Å². The van der Waals surface area contributed by atoms with Gasteiger partial charge in [-0.1, -0.05) is 66.2 Å². The first-order valence-electron chi connectivity index (χ1n) is 9.73. The Balaban J connectivity index is 1.54. The van der Waals surface area contributed by atoms with Crippen molar-refractivity contribution in [3.63, 3.8) is 0 Å². The summed E-state index contributed by atoms with van der Waals surface area (Å²) in [4.78, 5) is 0. The molecule has 1 heterocycles. The van der Waals surface area contributed by atoms with Crippen LogP contribution in [0, 0.1) is 6.92 Å². The Morgan fingerprint density at radius 3 is 2.30 bits per heavy atom. The number of nitrogens with zero attached hydrogens (tertiary/aromatic N) is 1. The summed E-state index contributed by atoms with van der Waals surface area (Å²) in [6, 6.07) is 26.7. The van der Waals surface area contributed by atoms with Crippen LogP contribution in [0.2, 0.25) is 0 Å². The van der Waals surface area contributed by atoms with E-state index in [0.29, 0.717) is 0 Å². The summed E-state index contributed by atoms with van der Waals surface area (Å²) in [6.07, 6.45) is 7.83. The third kappa shape index (κ3) is 2.90. The van der Waals surface area contributed by atoms with E-state index in [0.717, 1.165) is 19.3 Å². The molecule has 0 N–H and O–H groups in total. The highest BCUT2D eigenvalue weighted by molar-refractivity contribution is 5.90. The number of para-hydroxylation sites is 1. The first-order chi connectivity index (χ1) is 13.3. The fraction of sp³-hybridized carbons (Fsp3) is 0.154. The Kier molecular flexibility index (Phi) is 3.94. The molecule has 1 aliphatic rings. The van der Waals surface area contributed by atoms with E-state index in [-0.39, 0.29) is 0 Å². The summed E-state index contributed by atoms with van der Waals surface area (Å²) in [7, 11) is 0. The molecule has 0 unspecified atom stereocenters. The van der Waals surface area contributed by atoms with Gasteiger partial charge in [-0.15, -0.1) is 0 Å². The SMILES string of the molecule is Cc1ccc(Cc2ccc(-n3c4c(c5ccccc53)CCC=C4)cc2)cc1. The molecule has 27 heavy (non-hydrogen) atoms. The fourth-order valence-electron chi connectivity index (χ4n) is 4.17. The van der Waals surface area contributed by atoms with Crippen molar-refractivity contribution in [2.24, 2.45) is 0 Å². The molecule has 0 saturated carbocycles. The fourth-order valence-corrected chi connectivity index (χ4v) is 4.17. The Bertz CT molecular complexity index is 1130. The normalized spacial score (nSPS) is 13.1. The van der Waals surface area contributed by atoms with Crippen LogP contribution >= 0.6 is 0 Å². The highest BCUT2D eigenvalue weighted by Crippen LogP contribution is 2.33. The van der Waals surface area contributed by atoms with Gasteiger partial charge in [0.2, 0.25) is 0 Å². The van der Waals surface area contributed by atoms with Crippen molar-refractivity contribution >= 4 is 17.0 Å². The summed E-state index contributed by atoms with van der Waals surface area (Å²) >= 11 is 0. The molecule has 0 radical (unpaired) electrons. The number of benzene rings is 3. The van der Waals surface area contributed by atoms with E-state index in [4.69, 9.17) is 0 Å².